The highest BCUT2D eigenvalue weighted by Crippen LogP contribution is 2.29. The van der Waals surface area contributed by atoms with Crippen LogP contribution in [0.15, 0.2) is 48.7 Å². The number of alkyl halides is 3. The second kappa shape index (κ2) is 5.95. The van der Waals surface area contributed by atoms with Crippen LogP contribution in [0.4, 0.5) is 18.9 Å². The molecule has 21 heavy (non-hydrogen) atoms. The number of carbonyl (C=O) groups is 1. The topological polar surface area (TPSA) is 33.0 Å². The van der Waals surface area contributed by atoms with Crippen LogP contribution in [0.25, 0.3) is 0 Å². The Labute approximate surface area is 120 Å². The van der Waals surface area contributed by atoms with Crippen LogP contribution in [0.1, 0.15) is 11.3 Å². The van der Waals surface area contributed by atoms with Gasteiger partial charge in [-0.2, -0.15) is 17.7 Å². The predicted molar refractivity (Wildman–Crippen MR) is 71.4 cm³/mol. The fourth-order valence-electron chi connectivity index (χ4n) is 1.84. The fourth-order valence-corrected chi connectivity index (χ4v) is 1.84. The molecule has 0 aliphatic carbocycles. The summed E-state index contributed by atoms with van der Waals surface area (Å²) >= 11 is 0. The number of nitrogens with zero attached hydrogens (tertiary/aromatic N) is 1. The van der Waals surface area contributed by atoms with Gasteiger partial charge in [0.25, 0.3) is 5.91 Å². The molecule has 0 fully saturated rings. The summed E-state index contributed by atoms with van der Waals surface area (Å²) in [7, 11) is 0. The number of anilines is 1. The highest BCUT2D eigenvalue weighted by Gasteiger charge is 2.30. The Balaban J connectivity index is 2.02. The largest absolute Gasteiger partial charge is 0.416 e. The number of benzene rings is 1. The van der Waals surface area contributed by atoms with Crippen LogP contribution in [-0.4, -0.2) is 5.91 Å². The molecular formula is C15H14F3N2O+. The van der Waals surface area contributed by atoms with Gasteiger partial charge >= 0.3 is 6.18 Å². The van der Waals surface area contributed by atoms with Crippen molar-refractivity contribution in [3.63, 3.8) is 0 Å². The molecule has 2 rings (SSSR count). The van der Waals surface area contributed by atoms with E-state index in [1.807, 2.05) is 19.1 Å². The van der Waals surface area contributed by atoms with Crippen LogP contribution in [0.5, 0.6) is 0 Å². The Morgan fingerprint density at radius 1 is 1.14 bits per heavy atom. The molecule has 0 atom stereocenters. The third kappa shape index (κ3) is 4.05. The molecule has 0 unspecified atom stereocenters. The van der Waals surface area contributed by atoms with Crippen molar-refractivity contribution in [2.75, 3.05) is 5.32 Å². The van der Waals surface area contributed by atoms with Gasteiger partial charge < -0.3 is 5.32 Å². The van der Waals surface area contributed by atoms with Gasteiger partial charge in [0.15, 0.2) is 11.9 Å². The van der Waals surface area contributed by atoms with Gasteiger partial charge in [-0.3, -0.25) is 4.79 Å². The molecule has 0 saturated heterocycles. The van der Waals surface area contributed by atoms with Crippen molar-refractivity contribution in [1.82, 2.24) is 0 Å². The number of carbonyl (C=O) groups excluding carboxylic acids is 1. The van der Waals surface area contributed by atoms with Crippen LogP contribution in [-0.2, 0) is 17.5 Å². The summed E-state index contributed by atoms with van der Waals surface area (Å²) in [5.74, 6) is -0.297. The second-order valence-electron chi connectivity index (χ2n) is 4.59. The minimum atomic E-state index is -4.38. The van der Waals surface area contributed by atoms with E-state index in [-0.39, 0.29) is 12.5 Å². The molecule has 1 amide bonds. The molecule has 1 aromatic heterocycles. The Morgan fingerprint density at radius 3 is 2.38 bits per heavy atom. The summed E-state index contributed by atoms with van der Waals surface area (Å²) in [6, 6.07) is 9.89. The van der Waals surface area contributed by atoms with Gasteiger partial charge in [-0.25, -0.2) is 0 Å². The standard InChI is InChI=1S/C15H13F3N2O/c1-11-4-2-3-9-20(11)10-14(21)19-13-7-5-12(6-8-13)15(16,17)18/h2-9H,10H2,1H3/p+1. The SMILES string of the molecule is Cc1cccc[n+]1CC(=O)Nc1ccc(C(F)(F)F)cc1. The van der Waals surface area contributed by atoms with Crippen molar-refractivity contribution in [2.24, 2.45) is 0 Å². The molecule has 0 spiro atoms. The van der Waals surface area contributed by atoms with Crippen LogP contribution >= 0.6 is 0 Å². The van der Waals surface area contributed by atoms with Crippen molar-refractivity contribution in [3.8, 4) is 0 Å². The predicted octanol–water partition coefficient (Wildman–Crippen LogP) is 2.94. The molecule has 1 heterocycles. The van der Waals surface area contributed by atoms with Gasteiger partial charge in [-0.1, -0.05) is 6.07 Å². The smallest absolute Gasteiger partial charge is 0.321 e. The summed E-state index contributed by atoms with van der Waals surface area (Å²) in [6.45, 7) is 1.97. The molecule has 6 heteroatoms. The third-order valence-corrected chi connectivity index (χ3v) is 2.98. The molecule has 110 valence electrons. The molecule has 0 saturated carbocycles. The zero-order valence-corrected chi connectivity index (χ0v) is 11.3. The van der Waals surface area contributed by atoms with Crippen LogP contribution in [0.3, 0.4) is 0 Å². The highest BCUT2D eigenvalue weighted by molar-refractivity contribution is 5.89. The van der Waals surface area contributed by atoms with Crippen LogP contribution in [0.2, 0.25) is 0 Å². The molecule has 0 aliphatic rings. The first-order valence-corrected chi connectivity index (χ1v) is 6.28. The Kier molecular flexibility index (Phi) is 4.26. The number of hydrogen-bond acceptors (Lipinski definition) is 1. The zero-order chi connectivity index (χ0) is 15.5. The lowest BCUT2D eigenvalue weighted by Gasteiger charge is -2.08. The molecule has 0 aliphatic heterocycles. The van der Waals surface area contributed by atoms with E-state index in [0.29, 0.717) is 5.69 Å². The lowest BCUT2D eigenvalue weighted by Crippen LogP contribution is -2.42. The van der Waals surface area contributed by atoms with E-state index in [4.69, 9.17) is 0 Å². The normalized spacial score (nSPS) is 11.2. The van der Waals surface area contributed by atoms with Crippen molar-refractivity contribution >= 4 is 11.6 Å². The maximum atomic E-state index is 12.4. The number of nitrogens with one attached hydrogen (secondary N) is 1. The van der Waals surface area contributed by atoms with Crippen LogP contribution in [0, 0.1) is 6.92 Å². The molecule has 3 nitrogen and oxygen atoms in total. The van der Waals surface area contributed by atoms with E-state index in [2.05, 4.69) is 5.32 Å². The minimum Gasteiger partial charge on any atom is -0.321 e. The molecule has 1 N–H and O–H groups in total. The van der Waals surface area contributed by atoms with Gasteiger partial charge in [0, 0.05) is 24.7 Å². The number of pyridine rings is 1. The molecule has 0 radical (unpaired) electrons. The molecular weight excluding hydrogens is 281 g/mol. The lowest BCUT2D eigenvalue weighted by atomic mass is 10.2. The first-order chi connectivity index (χ1) is 9.86. The maximum absolute atomic E-state index is 12.4. The molecule has 2 aromatic rings. The highest BCUT2D eigenvalue weighted by atomic mass is 19.4. The van der Waals surface area contributed by atoms with Crippen molar-refractivity contribution in [3.05, 3.63) is 59.9 Å². The van der Waals surface area contributed by atoms with E-state index in [0.717, 1.165) is 17.8 Å². The monoisotopic (exact) mass is 295 g/mol. The van der Waals surface area contributed by atoms with Gasteiger partial charge in [-0.05, 0) is 24.3 Å². The maximum Gasteiger partial charge on any atom is 0.416 e. The quantitative estimate of drug-likeness (QED) is 0.868. The summed E-state index contributed by atoms with van der Waals surface area (Å²) < 4.78 is 39.0. The number of amides is 1. The number of aryl methyl sites for hydroxylation is 1. The van der Waals surface area contributed by atoms with E-state index in [1.54, 1.807) is 16.8 Å². The van der Waals surface area contributed by atoms with Crippen molar-refractivity contribution in [2.45, 2.75) is 19.6 Å². The Bertz CT molecular complexity index is 636. The van der Waals surface area contributed by atoms with Crippen LogP contribution < -0.4 is 9.88 Å². The average Bonchev–Trinajstić information content (AvgIpc) is 2.41. The average molecular weight is 295 g/mol. The first kappa shape index (κ1) is 15.0. The second-order valence-corrected chi connectivity index (χ2v) is 4.59. The third-order valence-electron chi connectivity index (χ3n) is 2.98. The van der Waals surface area contributed by atoms with E-state index in [9.17, 15) is 18.0 Å². The van der Waals surface area contributed by atoms with Gasteiger partial charge in [-0.15, -0.1) is 0 Å². The number of aromatic nitrogens is 1. The number of hydrogen-bond donors (Lipinski definition) is 1. The fraction of sp³-hybridized carbons (Fsp3) is 0.200. The summed E-state index contributed by atoms with van der Waals surface area (Å²) in [5.41, 5.74) is 0.510. The summed E-state index contributed by atoms with van der Waals surface area (Å²) in [4.78, 5) is 11.9. The number of rotatable bonds is 3. The van der Waals surface area contributed by atoms with Crippen molar-refractivity contribution in [1.29, 1.82) is 0 Å². The number of halogens is 3. The van der Waals surface area contributed by atoms with Gasteiger partial charge in [0.2, 0.25) is 6.54 Å². The van der Waals surface area contributed by atoms with Gasteiger partial charge in [0.1, 0.15) is 0 Å². The van der Waals surface area contributed by atoms with Gasteiger partial charge in [0.05, 0.1) is 5.56 Å². The summed E-state index contributed by atoms with van der Waals surface area (Å²) in [5, 5.41) is 2.57. The van der Waals surface area contributed by atoms with E-state index < -0.39 is 11.7 Å². The molecule has 0 bridgehead atoms. The lowest BCUT2D eigenvalue weighted by molar-refractivity contribution is -0.690. The molecule has 1 aromatic carbocycles. The first-order valence-electron chi connectivity index (χ1n) is 6.28. The summed E-state index contributed by atoms with van der Waals surface area (Å²) in [6.07, 6.45) is -2.61. The Hall–Kier alpha value is -2.37. The van der Waals surface area contributed by atoms with Crippen molar-refractivity contribution < 1.29 is 22.5 Å². The minimum absolute atomic E-state index is 0.105. The zero-order valence-electron chi connectivity index (χ0n) is 11.3. The van der Waals surface area contributed by atoms with E-state index in [1.165, 1.54) is 12.1 Å². The Morgan fingerprint density at radius 2 is 1.81 bits per heavy atom. The van der Waals surface area contributed by atoms with E-state index >= 15 is 0 Å².